The molecule has 3 rings (SSSR count). The third kappa shape index (κ3) is 6.44. The minimum atomic E-state index is -0.0413. The number of rotatable bonds is 3. The Morgan fingerprint density at radius 3 is 2.66 bits per heavy atom. The van der Waals surface area contributed by atoms with Gasteiger partial charge in [0.15, 0.2) is 5.82 Å². The molecule has 1 aliphatic carbocycles. The first kappa shape index (κ1) is 21.6. The number of nitrogens with zero attached hydrogens (tertiary/aromatic N) is 3. The summed E-state index contributed by atoms with van der Waals surface area (Å²) < 4.78 is 5.50. The van der Waals surface area contributed by atoms with Crippen molar-refractivity contribution in [2.75, 3.05) is 19.6 Å². The van der Waals surface area contributed by atoms with E-state index in [1.807, 2.05) is 13.8 Å². The molecular weight excluding hydrogens is 370 g/mol. The van der Waals surface area contributed by atoms with Crippen LogP contribution in [0.1, 0.15) is 95.2 Å². The number of hydrogen-bond donors (Lipinski definition) is 2. The summed E-state index contributed by atoms with van der Waals surface area (Å²) in [5.41, 5.74) is 0. The Hall–Kier alpha value is -2.12. The van der Waals surface area contributed by atoms with Crippen molar-refractivity contribution < 1.29 is 14.1 Å². The maximum Gasteiger partial charge on any atom is 0.317 e. The molecule has 0 bridgehead atoms. The molecule has 1 aliphatic heterocycles. The van der Waals surface area contributed by atoms with Gasteiger partial charge in [0.05, 0.1) is 0 Å². The zero-order chi connectivity index (χ0) is 20.6. The Labute approximate surface area is 173 Å². The predicted molar refractivity (Wildman–Crippen MR) is 110 cm³/mol. The number of nitrogens with one attached hydrogen (secondary N) is 2. The fourth-order valence-corrected chi connectivity index (χ4v) is 4.11. The number of carbonyl (C=O) groups is 2. The minimum absolute atomic E-state index is 0.0190. The number of aromatic nitrogens is 2. The van der Waals surface area contributed by atoms with Crippen molar-refractivity contribution in [1.29, 1.82) is 0 Å². The van der Waals surface area contributed by atoms with Crippen molar-refractivity contribution in [1.82, 2.24) is 25.7 Å². The van der Waals surface area contributed by atoms with Gasteiger partial charge < -0.3 is 20.1 Å². The van der Waals surface area contributed by atoms with Crippen LogP contribution >= 0.6 is 0 Å². The Balaban J connectivity index is 1.61. The molecule has 0 aromatic carbocycles. The molecule has 2 heterocycles. The van der Waals surface area contributed by atoms with E-state index < -0.39 is 0 Å². The smallest absolute Gasteiger partial charge is 0.317 e. The predicted octanol–water partition coefficient (Wildman–Crippen LogP) is 3.31. The van der Waals surface area contributed by atoms with Gasteiger partial charge in [-0.15, -0.1) is 0 Å². The van der Waals surface area contributed by atoms with E-state index in [1.165, 1.54) is 19.3 Å². The fraction of sp³-hybridized carbons (Fsp3) is 0.810. The number of carbonyl (C=O) groups excluding carboxylic acids is 2. The van der Waals surface area contributed by atoms with Crippen molar-refractivity contribution >= 4 is 11.9 Å². The molecule has 8 heteroatoms. The van der Waals surface area contributed by atoms with Crippen LogP contribution in [0.15, 0.2) is 4.52 Å². The van der Waals surface area contributed by atoms with Crippen molar-refractivity contribution in [2.24, 2.45) is 0 Å². The van der Waals surface area contributed by atoms with Gasteiger partial charge in [0.25, 0.3) is 0 Å². The van der Waals surface area contributed by atoms with E-state index in [-0.39, 0.29) is 29.8 Å². The van der Waals surface area contributed by atoms with Crippen LogP contribution in [0.25, 0.3) is 0 Å². The SMILES string of the molecule is CC(C)c1noc(C2CCCN(C(=O)NC3CCCCC3)CCC(=O)NCC2)n1. The van der Waals surface area contributed by atoms with Gasteiger partial charge in [-0.25, -0.2) is 4.79 Å². The van der Waals surface area contributed by atoms with Crippen LogP contribution in [0.2, 0.25) is 0 Å². The zero-order valence-electron chi connectivity index (χ0n) is 17.8. The summed E-state index contributed by atoms with van der Waals surface area (Å²) in [5, 5.41) is 10.2. The van der Waals surface area contributed by atoms with Crippen molar-refractivity contribution in [3.63, 3.8) is 0 Å². The van der Waals surface area contributed by atoms with Crippen LogP contribution in [0.4, 0.5) is 4.79 Å². The third-order valence-electron chi connectivity index (χ3n) is 5.95. The van der Waals surface area contributed by atoms with Crippen LogP contribution in [-0.2, 0) is 4.79 Å². The van der Waals surface area contributed by atoms with Gasteiger partial charge in [-0.2, -0.15) is 4.98 Å². The Kier molecular flexibility index (Phi) is 7.89. The maximum absolute atomic E-state index is 12.8. The Bertz CT molecular complexity index is 669. The average molecular weight is 406 g/mol. The molecule has 1 aromatic rings. The van der Waals surface area contributed by atoms with E-state index >= 15 is 0 Å². The molecule has 3 amide bonds. The largest absolute Gasteiger partial charge is 0.356 e. The van der Waals surface area contributed by atoms with Crippen LogP contribution in [-0.4, -0.2) is 52.7 Å². The number of amides is 3. The molecule has 8 nitrogen and oxygen atoms in total. The molecule has 2 aliphatic rings. The second kappa shape index (κ2) is 10.6. The first-order valence-corrected chi connectivity index (χ1v) is 11.2. The highest BCUT2D eigenvalue weighted by atomic mass is 16.5. The fourth-order valence-electron chi connectivity index (χ4n) is 4.11. The van der Waals surface area contributed by atoms with E-state index in [0.29, 0.717) is 37.8 Å². The van der Waals surface area contributed by atoms with E-state index in [1.54, 1.807) is 4.90 Å². The third-order valence-corrected chi connectivity index (χ3v) is 5.95. The van der Waals surface area contributed by atoms with Crippen LogP contribution in [0.3, 0.4) is 0 Å². The van der Waals surface area contributed by atoms with E-state index in [9.17, 15) is 9.59 Å². The van der Waals surface area contributed by atoms with Crippen molar-refractivity contribution in [2.45, 2.75) is 89.5 Å². The number of hydrogen-bond acceptors (Lipinski definition) is 5. The van der Waals surface area contributed by atoms with Crippen molar-refractivity contribution in [3.8, 4) is 0 Å². The lowest BCUT2D eigenvalue weighted by atomic mass is 9.96. The molecule has 1 unspecified atom stereocenters. The summed E-state index contributed by atoms with van der Waals surface area (Å²) in [4.78, 5) is 31.3. The van der Waals surface area contributed by atoms with Gasteiger partial charge in [-0.1, -0.05) is 38.3 Å². The molecule has 1 aromatic heterocycles. The van der Waals surface area contributed by atoms with Crippen LogP contribution < -0.4 is 10.6 Å². The van der Waals surface area contributed by atoms with Gasteiger partial charge in [0.1, 0.15) is 0 Å². The Morgan fingerprint density at radius 2 is 1.93 bits per heavy atom. The average Bonchev–Trinajstić information content (AvgIpc) is 3.18. The van der Waals surface area contributed by atoms with Crippen molar-refractivity contribution in [3.05, 3.63) is 11.7 Å². The van der Waals surface area contributed by atoms with Gasteiger partial charge in [-0.05, 0) is 32.1 Å². The second-order valence-electron chi connectivity index (χ2n) is 8.64. The zero-order valence-corrected chi connectivity index (χ0v) is 17.8. The van der Waals surface area contributed by atoms with Gasteiger partial charge in [0.2, 0.25) is 11.8 Å². The number of urea groups is 1. The molecule has 29 heavy (non-hydrogen) atoms. The molecule has 0 spiro atoms. The lowest BCUT2D eigenvalue weighted by molar-refractivity contribution is -0.121. The quantitative estimate of drug-likeness (QED) is 0.803. The summed E-state index contributed by atoms with van der Waals surface area (Å²) in [6.07, 6.45) is 8.51. The topological polar surface area (TPSA) is 100 Å². The maximum atomic E-state index is 12.8. The molecule has 2 fully saturated rings. The Morgan fingerprint density at radius 1 is 1.14 bits per heavy atom. The highest BCUT2D eigenvalue weighted by Crippen LogP contribution is 2.25. The van der Waals surface area contributed by atoms with E-state index in [4.69, 9.17) is 4.52 Å². The standard InChI is InChI=1S/C21H35N5O3/c1-15(2)19-24-20(29-25-19)16-7-6-13-26(14-11-18(27)22-12-10-16)21(28)23-17-8-4-3-5-9-17/h15-17H,3-14H2,1-2H3,(H,22,27)(H,23,28). The molecule has 1 saturated carbocycles. The normalized spacial score (nSPS) is 22.8. The molecule has 1 atom stereocenters. The lowest BCUT2D eigenvalue weighted by Crippen LogP contribution is -2.46. The van der Waals surface area contributed by atoms with Gasteiger partial charge in [0, 0.05) is 43.9 Å². The second-order valence-corrected chi connectivity index (χ2v) is 8.64. The highest BCUT2D eigenvalue weighted by molar-refractivity contribution is 5.78. The highest BCUT2D eigenvalue weighted by Gasteiger charge is 2.24. The first-order chi connectivity index (χ1) is 14.0. The first-order valence-electron chi connectivity index (χ1n) is 11.2. The lowest BCUT2D eigenvalue weighted by Gasteiger charge is -2.28. The van der Waals surface area contributed by atoms with Gasteiger partial charge >= 0.3 is 6.03 Å². The van der Waals surface area contributed by atoms with Crippen LogP contribution in [0.5, 0.6) is 0 Å². The van der Waals surface area contributed by atoms with Gasteiger partial charge in [-0.3, -0.25) is 4.79 Å². The summed E-state index contributed by atoms with van der Waals surface area (Å²) in [7, 11) is 0. The monoisotopic (exact) mass is 405 g/mol. The molecule has 0 radical (unpaired) electrons. The van der Waals surface area contributed by atoms with E-state index in [0.717, 1.165) is 32.1 Å². The van der Waals surface area contributed by atoms with E-state index in [2.05, 4.69) is 20.8 Å². The van der Waals surface area contributed by atoms with Crippen LogP contribution in [0, 0.1) is 0 Å². The summed E-state index contributed by atoms with van der Waals surface area (Å²) in [5.74, 6) is 1.65. The summed E-state index contributed by atoms with van der Waals surface area (Å²) in [6, 6.07) is 0.226. The molecule has 1 saturated heterocycles. The minimum Gasteiger partial charge on any atom is -0.356 e. The summed E-state index contributed by atoms with van der Waals surface area (Å²) >= 11 is 0. The molecule has 2 N–H and O–H groups in total. The summed E-state index contributed by atoms with van der Waals surface area (Å²) in [6.45, 7) is 5.74. The molecule has 162 valence electrons. The molecular formula is C21H35N5O3.